The molecular weight excluding hydrogens is 303 g/mol. The number of thiazole rings is 1. The third-order valence-corrected chi connectivity index (χ3v) is 4.97. The van der Waals surface area contributed by atoms with Crippen LogP contribution >= 0.6 is 11.3 Å². The second kappa shape index (κ2) is 6.14. The maximum absolute atomic E-state index is 12.9. The van der Waals surface area contributed by atoms with Crippen molar-refractivity contribution in [1.82, 2.24) is 9.88 Å². The molecule has 1 aliphatic heterocycles. The summed E-state index contributed by atoms with van der Waals surface area (Å²) in [6.45, 7) is 3.98. The van der Waals surface area contributed by atoms with Gasteiger partial charge in [0.25, 0.3) is 0 Å². The van der Waals surface area contributed by atoms with Crippen LogP contribution in [0.3, 0.4) is 0 Å². The first kappa shape index (κ1) is 15.1. The predicted octanol–water partition coefficient (Wildman–Crippen LogP) is 3.10. The van der Waals surface area contributed by atoms with Gasteiger partial charge in [0.2, 0.25) is 0 Å². The third kappa shape index (κ3) is 3.18. The van der Waals surface area contributed by atoms with Crippen LogP contribution in [0.4, 0.5) is 4.39 Å². The Kier molecular flexibility index (Phi) is 4.22. The first-order chi connectivity index (χ1) is 10.5. The molecule has 2 heterocycles. The standard InChI is InChI=1S/C16H17FN2O2S/c1-10-6-19(8-14(10)16(20)21)7-13-9-22-15(18-13)11-2-4-12(17)5-3-11/h2-5,9-10,14H,6-8H2,1H3,(H,20,21)/t10-,14-/m1/s1. The molecular formula is C16H17FN2O2S. The highest BCUT2D eigenvalue weighted by Gasteiger charge is 2.34. The van der Waals surface area contributed by atoms with Crippen LogP contribution in [-0.4, -0.2) is 34.0 Å². The molecule has 0 aliphatic carbocycles. The second-order valence-electron chi connectivity index (χ2n) is 5.77. The zero-order valence-corrected chi connectivity index (χ0v) is 13.0. The van der Waals surface area contributed by atoms with Gasteiger partial charge in [-0.2, -0.15) is 0 Å². The molecule has 116 valence electrons. The van der Waals surface area contributed by atoms with E-state index in [4.69, 9.17) is 0 Å². The molecule has 1 aromatic carbocycles. The van der Waals surface area contributed by atoms with Crippen LogP contribution in [0.5, 0.6) is 0 Å². The minimum Gasteiger partial charge on any atom is -0.481 e. The smallest absolute Gasteiger partial charge is 0.308 e. The molecule has 0 amide bonds. The van der Waals surface area contributed by atoms with Crippen molar-refractivity contribution in [3.8, 4) is 10.6 Å². The van der Waals surface area contributed by atoms with E-state index < -0.39 is 5.97 Å². The molecule has 6 heteroatoms. The van der Waals surface area contributed by atoms with E-state index in [1.165, 1.54) is 23.5 Å². The number of carboxylic acids is 1. The number of likely N-dealkylation sites (tertiary alicyclic amines) is 1. The summed E-state index contributed by atoms with van der Waals surface area (Å²) < 4.78 is 12.9. The molecule has 0 spiro atoms. The number of carboxylic acid groups (broad SMARTS) is 1. The van der Waals surface area contributed by atoms with Crippen molar-refractivity contribution in [2.45, 2.75) is 13.5 Å². The van der Waals surface area contributed by atoms with Crippen molar-refractivity contribution < 1.29 is 14.3 Å². The van der Waals surface area contributed by atoms with Crippen molar-refractivity contribution in [1.29, 1.82) is 0 Å². The summed E-state index contributed by atoms with van der Waals surface area (Å²) in [4.78, 5) is 17.9. The van der Waals surface area contributed by atoms with Crippen LogP contribution < -0.4 is 0 Å². The van der Waals surface area contributed by atoms with Gasteiger partial charge < -0.3 is 5.11 Å². The van der Waals surface area contributed by atoms with E-state index in [1.807, 2.05) is 12.3 Å². The number of aliphatic carboxylic acids is 1. The van der Waals surface area contributed by atoms with Gasteiger partial charge in [0.05, 0.1) is 11.6 Å². The van der Waals surface area contributed by atoms with Crippen LogP contribution in [0.1, 0.15) is 12.6 Å². The lowest BCUT2D eigenvalue weighted by Crippen LogP contribution is -2.23. The van der Waals surface area contributed by atoms with Crippen molar-refractivity contribution in [2.75, 3.05) is 13.1 Å². The van der Waals surface area contributed by atoms with E-state index in [1.54, 1.807) is 12.1 Å². The molecule has 1 fully saturated rings. The molecule has 2 aromatic rings. The van der Waals surface area contributed by atoms with Gasteiger partial charge in [-0.15, -0.1) is 11.3 Å². The van der Waals surface area contributed by atoms with E-state index in [-0.39, 0.29) is 17.7 Å². The highest BCUT2D eigenvalue weighted by atomic mass is 32.1. The quantitative estimate of drug-likeness (QED) is 0.940. The number of hydrogen-bond acceptors (Lipinski definition) is 4. The Hall–Kier alpha value is -1.79. The van der Waals surface area contributed by atoms with Gasteiger partial charge >= 0.3 is 5.97 Å². The van der Waals surface area contributed by atoms with Crippen molar-refractivity contribution >= 4 is 17.3 Å². The maximum Gasteiger partial charge on any atom is 0.308 e. The molecule has 1 N–H and O–H groups in total. The Morgan fingerprint density at radius 2 is 2.14 bits per heavy atom. The van der Waals surface area contributed by atoms with E-state index in [0.29, 0.717) is 13.1 Å². The largest absolute Gasteiger partial charge is 0.481 e. The van der Waals surface area contributed by atoms with E-state index in [2.05, 4.69) is 9.88 Å². The summed E-state index contributed by atoms with van der Waals surface area (Å²) >= 11 is 1.52. The molecule has 0 unspecified atom stereocenters. The molecule has 0 radical (unpaired) electrons. The molecule has 0 saturated carbocycles. The Morgan fingerprint density at radius 3 is 2.77 bits per heavy atom. The zero-order valence-electron chi connectivity index (χ0n) is 12.2. The van der Waals surface area contributed by atoms with E-state index in [0.717, 1.165) is 22.8 Å². The van der Waals surface area contributed by atoms with Gasteiger partial charge in [0.15, 0.2) is 0 Å². The maximum atomic E-state index is 12.9. The van der Waals surface area contributed by atoms with E-state index >= 15 is 0 Å². The highest BCUT2D eigenvalue weighted by molar-refractivity contribution is 7.13. The molecule has 2 atom stereocenters. The monoisotopic (exact) mass is 320 g/mol. The average Bonchev–Trinajstić information content (AvgIpc) is 3.07. The molecule has 1 aliphatic rings. The molecule has 3 rings (SSSR count). The highest BCUT2D eigenvalue weighted by Crippen LogP contribution is 2.27. The van der Waals surface area contributed by atoms with E-state index in [9.17, 15) is 14.3 Å². The summed E-state index contributed by atoms with van der Waals surface area (Å²) in [5.41, 5.74) is 1.83. The summed E-state index contributed by atoms with van der Waals surface area (Å²) in [5.74, 6) is -1.12. The van der Waals surface area contributed by atoms with Gasteiger partial charge in [-0.05, 0) is 30.2 Å². The van der Waals surface area contributed by atoms with Gasteiger partial charge in [-0.25, -0.2) is 9.37 Å². The van der Waals surface area contributed by atoms with Crippen molar-refractivity contribution in [3.63, 3.8) is 0 Å². The lowest BCUT2D eigenvalue weighted by atomic mass is 9.99. The fourth-order valence-corrected chi connectivity index (χ4v) is 3.67. The molecule has 22 heavy (non-hydrogen) atoms. The number of benzene rings is 1. The number of rotatable bonds is 4. The first-order valence-corrected chi connectivity index (χ1v) is 8.06. The number of hydrogen-bond donors (Lipinski definition) is 1. The summed E-state index contributed by atoms with van der Waals surface area (Å²) in [5, 5.41) is 12.0. The summed E-state index contributed by atoms with van der Waals surface area (Å²) in [6.07, 6.45) is 0. The van der Waals surface area contributed by atoms with Gasteiger partial charge in [0.1, 0.15) is 10.8 Å². The van der Waals surface area contributed by atoms with Gasteiger partial charge in [-0.3, -0.25) is 9.69 Å². The van der Waals surface area contributed by atoms with Crippen molar-refractivity contribution in [2.24, 2.45) is 11.8 Å². The first-order valence-electron chi connectivity index (χ1n) is 7.18. The lowest BCUT2D eigenvalue weighted by Gasteiger charge is -2.13. The van der Waals surface area contributed by atoms with Crippen LogP contribution in [0.25, 0.3) is 10.6 Å². The predicted molar refractivity (Wildman–Crippen MR) is 83.1 cm³/mol. The minimum atomic E-state index is -0.722. The Labute approximate surface area is 132 Å². The SMILES string of the molecule is C[C@@H]1CN(Cc2csc(-c3ccc(F)cc3)n2)C[C@H]1C(=O)O. The van der Waals surface area contributed by atoms with Crippen LogP contribution in [-0.2, 0) is 11.3 Å². The summed E-state index contributed by atoms with van der Waals surface area (Å²) in [7, 11) is 0. The summed E-state index contributed by atoms with van der Waals surface area (Å²) in [6, 6.07) is 6.29. The third-order valence-electron chi connectivity index (χ3n) is 4.03. The fraction of sp³-hybridized carbons (Fsp3) is 0.375. The average molecular weight is 320 g/mol. The molecule has 0 bridgehead atoms. The van der Waals surface area contributed by atoms with Gasteiger partial charge in [0, 0.05) is 30.6 Å². The molecule has 1 saturated heterocycles. The van der Waals surface area contributed by atoms with Crippen molar-refractivity contribution in [3.05, 3.63) is 41.2 Å². The fourth-order valence-electron chi connectivity index (χ4n) is 2.85. The normalized spacial score (nSPS) is 22.1. The Balaban J connectivity index is 1.68. The Bertz CT molecular complexity index is 671. The number of carbonyl (C=O) groups is 1. The molecule has 4 nitrogen and oxygen atoms in total. The lowest BCUT2D eigenvalue weighted by molar-refractivity contribution is -0.142. The number of aromatic nitrogens is 1. The van der Waals surface area contributed by atoms with Crippen LogP contribution in [0, 0.1) is 17.7 Å². The topological polar surface area (TPSA) is 53.4 Å². The van der Waals surface area contributed by atoms with Gasteiger partial charge in [-0.1, -0.05) is 6.92 Å². The number of halogens is 1. The Morgan fingerprint density at radius 1 is 1.41 bits per heavy atom. The minimum absolute atomic E-state index is 0.160. The zero-order chi connectivity index (χ0) is 15.7. The van der Waals surface area contributed by atoms with Crippen LogP contribution in [0.2, 0.25) is 0 Å². The number of nitrogens with zero attached hydrogens (tertiary/aromatic N) is 2. The second-order valence-corrected chi connectivity index (χ2v) is 6.63. The molecule has 1 aromatic heterocycles. The van der Waals surface area contributed by atoms with Crippen LogP contribution in [0.15, 0.2) is 29.6 Å².